The molecular formula is C16H14N2O2S. The summed E-state index contributed by atoms with van der Waals surface area (Å²) in [4.78, 5) is 17.5. The fourth-order valence-electron chi connectivity index (χ4n) is 2.04. The van der Waals surface area contributed by atoms with E-state index in [2.05, 4.69) is 16.4 Å². The summed E-state index contributed by atoms with van der Waals surface area (Å²) in [5.74, 6) is 0.295. The van der Waals surface area contributed by atoms with Crippen molar-refractivity contribution in [3.63, 3.8) is 0 Å². The number of rotatable bonds is 5. The van der Waals surface area contributed by atoms with Gasteiger partial charge >= 0.3 is 0 Å². The quantitative estimate of drug-likeness (QED) is 0.785. The van der Waals surface area contributed by atoms with Crippen molar-refractivity contribution >= 4 is 17.2 Å². The highest BCUT2D eigenvalue weighted by Crippen LogP contribution is 2.22. The molecule has 0 aliphatic carbocycles. The molecule has 0 radical (unpaired) electrons. The van der Waals surface area contributed by atoms with E-state index in [1.165, 1.54) is 11.3 Å². The number of thiophene rings is 1. The molecule has 1 amide bonds. The molecule has 0 fully saturated rings. The highest BCUT2D eigenvalue weighted by Gasteiger charge is 2.17. The maximum atomic E-state index is 12.2. The maximum Gasteiger partial charge on any atom is 0.273 e. The Bertz CT molecular complexity index is 705. The minimum Gasteiger partial charge on any atom is -0.443 e. The van der Waals surface area contributed by atoms with Crippen LogP contribution in [0.25, 0.3) is 11.3 Å². The second-order valence-corrected chi connectivity index (χ2v) is 5.51. The van der Waals surface area contributed by atoms with Crippen molar-refractivity contribution in [1.29, 1.82) is 0 Å². The average molecular weight is 298 g/mol. The highest BCUT2D eigenvalue weighted by atomic mass is 32.1. The summed E-state index contributed by atoms with van der Waals surface area (Å²) in [5.41, 5.74) is 1.17. The minimum absolute atomic E-state index is 0.209. The lowest BCUT2D eigenvalue weighted by Crippen LogP contribution is -2.26. The van der Waals surface area contributed by atoms with E-state index in [1.807, 2.05) is 41.8 Å². The third-order valence-corrected chi connectivity index (χ3v) is 3.99. The number of aromatic nitrogens is 1. The third-order valence-electron chi connectivity index (χ3n) is 3.06. The summed E-state index contributed by atoms with van der Waals surface area (Å²) in [7, 11) is 0. The van der Waals surface area contributed by atoms with Gasteiger partial charge in [-0.3, -0.25) is 4.79 Å². The lowest BCUT2D eigenvalue weighted by Gasteiger charge is -2.03. The molecule has 21 heavy (non-hydrogen) atoms. The fourth-order valence-corrected chi connectivity index (χ4v) is 2.75. The number of amides is 1. The predicted octanol–water partition coefficient (Wildman–Crippen LogP) is 3.38. The van der Waals surface area contributed by atoms with E-state index in [0.717, 1.165) is 12.0 Å². The fraction of sp³-hybridized carbons (Fsp3) is 0.125. The van der Waals surface area contributed by atoms with E-state index in [-0.39, 0.29) is 5.91 Å². The smallest absolute Gasteiger partial charge is 0.273 e. The number of oxazole rings is 1. The largest absolute Gasteiger partial charge is 0.443 e. The molecule has 106 valence electrons. The lowest BCUT2D eigenvalue weighted by atomic mass is 10.1. The lowest BCUT2D eigenvalue weighted by molar-refractivity contribution is 0.0950. The van der Waals surface area contributed by atoms with Gasteiger partial charge in [0.15, 0.2) is 17.8 Å². The Hall–Kier alpha value is -2.40. The molecule has 0 aliphatic rings. The van der Waals surface area contributed by atoms with E-state index >= 15 is 0 Å². The van der Waals surface area contributed by atoms with Crippen LogP contribution in [0, 0.1) is 0 Å². The number of nitrogens with zero attached hydrogens (tertiary/aromatic N) is 1. The number of hydrogen-bond acceptors (Lipinski definition) is 4. The normalized spacial score (nSPS) is 10.5. The number of carbonyl (C=O) groups excluding carboxylic acids is 1. The summed E-state index contributed by atoms with van der Waals surface area (Å²) < 4.78 is 5.35. The van der Waals surface area contributed by atoms with Gasteiger partial charge in [0.1, 0.15) is 0 Å². The first kappa shape index (κ1) is 13.6. The molecule has 0 saturated carbocycles. The number of hydrogen-bond donors (Lipinski definition) is 1. The van der Waals surface area contributed by atoms with Gasteiger partial charge in [-0.05, 0) is 17.9 Å². The first-order valence-corrected chi connectivity index (χ1v) is 7.52. The molecule has 0 atom stereocenters. The van der Waals surface area contributed by atoms with Gasteiger partial charge in [-0.1, -0.05) is 36.4 Å². The summed E-state index contributed by atoms with van der Waals surface area (Å²) in [6, 6.07) is 13.6. The van der Waals surface area contributed by atoms with E-state index in [0.29, 0.717) is 18.0 Å². The Morgan fingerprint density at radius 3 is 2.81 bits per heavy atom. The van der Waals surface area contributed by atoms with Crippen LogP contribution in [0.1, 0.15) is 15.4 Å². The Labute approximate surface area is 126 Å². The predicted molar refractivity (Wildman–Crippen MR) is 82.3 cm³/mol. The molecule has 2 heterocycles. The molecule has 0 spiro atoms. The molecule has 2 aromatic heterocycles. The first-order chi connectivity index (χ1) is 10.3. The van der Waals surface area contributed by atoms with Crippen molar-refractivity contribution in [2.45, 2.75) is 6.42 Å². The van der Waals surface area contributed by atoms with Crippen LogP contribution >= 0.6 is 11.3 Å². The van der Waals surface area contributed by atoms with Gasteiger partial charge in [-0.15, -0.1) is 11.3 Å². The van der Waals surface area contributed by atoms with Crippen LogP contribution in [0.2, 0.25) is 0 Å². The summed E-state index contributed by atoms with van der Waals surface area (Å²) in [6.45, 7) is 0.584. The molecule has 0 bridgehead atoms. The molecule has 0 saturated heterocycles. The van der Waals surface area contributed by atoms with Crippen LogP contribution in [0.15, 0.2) is 58.7 Å². The average Bonchev–Trinajstić information content (AvgIpc) is 3.19. The van der Waals surface area contributed by atoms with Gasteiger partial charge < -0.3 is 9.73 Å². The molecular weight excluding hydrogens is 284 g/mol. The van der Waals surface area contributed by atoms with E-state index < -0.39 is 0 Å². The van der Waals surface area contributed by atoms with Crippen LogP contribution in [-0.2, 0) is 6.42 Å². The first-order valence-electron chi connectivity index (χ1n) is 6.64. The van der Waals surface area contributed by atoms with Crippen molar-refractivity contribution in [2.24, 2.45) is 0 Å². The van der Waals surface area contributed by atoms with Gasteiger partial charge in [0.05, 0.1) is 0 Å². The Balaban J connectivity index is 1.67. The summed E-state index contributed by atoms with van der Waals surface area (Å²) in [5, 5.41) is 4.91. The second kappa shape index (κ2) is 6.37. The Morgan fingerprint density at radius 2 is 2.05 bits per heavy atom. The van der Waals surface area contributed by atoms with Crippen LogP contribution < -0.4 is 5.32 Å². The van der Waals surface area contributed by atoms with Crippen molar-refractivity contribution in [2.75, 3.05) is 6.54 Å². The molecule has 5 heteroatoms. The topological polar surface area (TPSA) is 55.1 Å². The van der Waals surface area contributed by atoms with Crippen LogP contribution in [0.4, 0.5) is 0 Å². The molecule has 1 N–H and O–H groups in total. The number of nitrogens with one attached hydrogen (secondary N) is 1. The SMILES string of the molecule is O=C(NCCc1cccs1)c1ncoc1-c1ccccc1. The maximum absolute atomic E-state index is 12.2. The van der Waals surface area contributed by atoms with E-state index in [4.69, 9.17) is 4.42 Å². The van der Waals surface area contributed by atoms with Crippen LogP contribution in [0.3, 0.4) is 0 Å². The monoisotopic (exact) mass is 298 g/mol. The van der Waals surface area contributed by atoms with E-state index in [9.17, 15) is 4.79 Å². The Morgan fingerprint density at radius 1 is 1.19 bits per heavy atom. The molecule has 3 rings (SSSR count). The van der Waals surface area contributed by atoms with Crippen LogP contribution in [0.5, 0.6) is 0 Å². The van der Waals surface area contributed by atoms with Crippen molar-refractivity contribution in [3.05, 3.63) is 64.8 Å². The zero-order valence-corrected chi connectivity index (χ0v) is 12.1. The van der Waals surface area contributed by atoms with Gasteiger partial charge in [0, 0.05) is 17.0 Å². The number of carbonyl (C=O) groups is 1. The van der Waals surface area contributed by atoms with Gasteiger partial charge in [0.2, 0.25) is 0 Å². The van der Waals surface area contributed by atoms with Crippen molar-refractivity contribution in [3.8, 4) is 11.3 Å². The van der Waals surface area contributed by atoms with Crippen LogP contribution in [-0.4, -0.2) is 17.4 Å². The number of benzene rings is 1. The van der Waals surface area contributed by atoms with E-state index in [1.54, 1.807) is 11.3 Å². The summed E-state index contributed by atoms with van der Waals surface area (Å²) >= 11 is 1.69. The molecule has 0 unspecified atom stereocenters. The molecule has 0 aliphatic heterocycles. The standard InChI is InChI=1S/C16H14N2O2S/c19-16(17-9-8-13-7-4-10-21-13)14-15(20-11-18-14)12-5-2-1-3-6-12/h1-7,10-11H,8-9H2,(H,17,19). The molecule has 3 aromatic rings. The third kappa shape index (κ3) is 3.20. The zero-order valence-electron chi connectivity index (χ0n) is 11.3. The molecule has 1 aromatic carbocycles. The second-order valence-electron chi connectivity index (χ2n) is 4.48. The van der Waals surface area contributed by atoms with Crippen molar-refractivity contribution < 1.29 is 9.21 Å². The van der Waals surface area contributed by atoms with Gasteiger partial charge in [0.25, 0.3) is 5.91 Å². The van der Waals surface area contributed by atoms with Gasteiger partial charge in [-0.25, -0.2) is 4.98 Å². The highest BCUT2D eigenvalue weighted by molar-refractivity contribution is 7.09. The zero-order chi connectivity index (χ0) is 14.5. The summed E-state index contributed by atoms with van der Waals surface area (Å²) in [6.07, 6.45) is 2.12. The van der Waals surface area contributed by atoms with Crippen molar-refractivity contribution in [1.82, 2.24) is 10.3 Å². The Kier molecular flexibility index (Phi) is 4.12. The minimum atomic E-state index is -0.209. The molecule has 4 nitrogen and oxygen atoms in total. The van der Waals surface area contributed by atoms with Gasteiger partial charge in [-0.2, -0.15) is 0 Å².